The van der Waals surface area contributed by atoms with Crippen LogP contribution < -0.4 is 9.47 Å². The molecule has 1 aliphatic rings. The Balaban J connectivity index is 1.70. The van der Waals surface area contributed by atoms with Crippen LogP contribution in [0.3, 0.4) is 0 Å². The molecular formula is C18H20O3. The summed E-state index contributed by atoms with van der Waals surface area (Å²) in [5, 5.41) is 9.62. The Labute approximate surface area is 125 Å². The van der Waals surface area contributed by atoms with E-state index in [0.29, 0.717) is 12.5 Å². The Morgan fingerprint density at radius 1 is 1.24 bits per heavy atom. The zero-order valence-electron chi connectivity index (χ0n) is 12.2. The molecule has 0 saturated heterocycles. The maximum Gasteiger partial charge on any atom is 0.122 e. The lowest BCUT2D eigenvalue weighted by Gasteiger charge is -2.25. The van der Waals surface area contributed by atoms with E-state index in [1.165, 1.54) is 5.56 Å². The summed E-state index contributed by atoms with van der Waals surface area (Å²) in [4.78, 5) is 0. The first-order valence-electron chi connectivity index (χ1n) is 7.36. The van der Waals surface area contributed by atoms with Crippen molar-refractivity contribution in [3.63, 3.8) is 0 Å². The molecule has 2 aromatic rings. The van der Waals surface area contributed by atoms with Crippen LogP contribution in [-0.4, -0.2) is 18.3 Å². The van der Waals surface area contributed by atoms with Gasteiger partial charge in [0.2, 0.25) is 0 Å². The van der Waals surface area contributed by atoms with Crippen LogP contribution in [0.4, 0.5) is 0 Å². The van der Waals surface area contributed by atoms with Crippen molar-refractivity contribution in [1.82, 2.24) is 0 Å². The maximum absolute atomic E-state index is 9.62. The smallest absolute Gasteiger partial charge is 0.122 e. The number of hydrogen-bond donors (Lipinski definition) is 1. The van der Waals surface area contributed by atoms with E-state index in [0.717, 1.165) is 30.1 Å². The lowest BCUT2D eigenvalue weighted by atomic mass is 9.94. The van der Waals surface area contributed by atoms with E-state index in [-0.39, 0.29) is 0 Å². The SMILES string of the molecule is C[C@@H](O)c1cccc(OCC2CCOc3ccccc32)c1. The summed E-state index contributed by atoms with van der Waals surface area (Å²) in [6.07, 6.45) is 0.491. The Morgan fingerprint density at radius 3 is 2.95 bits per heavy atom. The highest BCUT2D eigenvalue weighted by Gasteiger charge is 2.21. The third-order valence-corrected chi connectivity index (χ3v) is 3.87. The number of aliphatic hydroxyl groups is 1. The highest BCUT2D eigenvalue weighted by atomic mass is 16.5. The molecule has 2 atom stereocenters. The third-order valence-electron chi connectivity index (χ3n) is 3.87. The van der Waals surface area contributed by atoms with Gasteiger partial charge in [-0.25, -0.2) is 0 Å². The van der Waals surface area contributed by atoms with E-state index in [2.05, 4.69) is 6.07 Å². The zero-order chi connectivity index (χ0) is 14.7. The molecule has 0 aliphatic carbocycles. The highest BCUT2D eigenvalue weighted by Crippen LogP contribution is 2.33. The fourth-order valence-electron chi connectivity index (χ4n) is 2.65. The van der Waals surface area contributed by atoms with Crippen LogP contribution in [0.25, 0.3) is 0 Å². The molecule has 3 rings (SSSR count). The van der Waals surface area contributed by atoms with Crippen molar-refractivity contribution in [2.24, 2.45) is 0 Å². The normalized spacial score (nSPS) is 18.5. The minimum absolute atomic E-state index is 0.352. The molecule has 0 bridgehead atoms. The summed E-state index contributed by atoms with van der Waals surface area (Å²) in [7, 11) is 0. The lowest BCUT2D eigenvalue weighted by Crippen LogP contribution is -2.19. The Morgan fingerprint density at radius 2 is 2.10 bits per heavy atom. The summed E-state index contributed by atoms with van der Waals surface area (Å²) in [6, 6.07) is 15.8. The average molecular weight is 284 g/mol. The van der Waals surface area contributed by atoms with Gasteiger partial charge in [-0.15, -0.1) is 0 Å². The summed E-state index contributed by atoms with van der Waals surface area (Å²) < 4.78 is 11.6. The van der Waals surface area contributed by atoms with Gasteiger partial charge in [0.05, 0.1) is 19.3 Å². The van der Waals surface area contributed by atoms with Crippen molar-refractivity contribution in [1.29, 1.82) is 0 Å². The van der Waals surface area contributed by atoms with Crippen molar-refractivity contribution < 1.29 is 14.6 Å². The molecule has 0 aromatic heterocycles. The quantitative estimate of drug-likeness (QED) is 0.930. The second-order valence-electron chi connectivity index (χ2n) is 5.43. The molecule has 0 spiro atoms. The molecular weight excluding hydrogens is 264 g/mol. The van der Waals surface area contributed by atoms with Crippen LogP contribution in [0.5, 0.6) is 11.5 Å². The van der Waals surface area contributed by atoms with Gasteiger partial charge in [-0.05, 0) is 37.1 Å². The van der Waals surface area contributed by atoms with Crippen molar-refractivity contribution in [3.05, 3.63) is 59.7 Å². The first-order chi connectivity index (χ1) is 10.2. The topological polar surface area (TPSA) is 38.7 Å². The monoisotopic (exact) mass is 284 g/mol. The number of para-hydroxylation sites is 1. The van der Waals surface area contributed by atoms with Crippen LogP contribution in [0.15, 0.2) is 48.5 Å². The fourth-order valence-corrected chi connectivity index (χ4v) is 2.65. The molecule has 1 heterocycles. The van der Waals surface area contributed by atoms with E-state index in [1.54, 1.807) is 6.92 Å². The molecule has 3 heteroatoms. The van der Waals surface area contributed by atoms with Crippen molar-refractivity contribution >= 4 is 0 Å². The molecule has 0 radical (unpaired) electrons. The van der Waals surface area contributed by atoms with Crippen LogP contribution in [-0.2, 0) is 0 Å². The fraction of sp³-hybridized carbons (Fsp3) is 0.333. The molecule has 0 amide bonds. The van der Waals surface area contributed by atoms with Gasteiger partial charge in [0.15, 0.2) is 0 Å². The minimum atomic E-state index is -0.475. The summed E-state index contributed by atoms with van der Waals surface area (Å²) >= 11 is 0. The Bertz CT molecular complexity index is 607. The molecule has 1 aliphatic heterocycles. The first-order valence-corrected chi connectivity index (χ1v) is 7.36. The van der Waals surface area contributed by atoms with Crippen LogP contribution >= 0.6 is 0 Å². The molecule has 1 unspecified atom stereocenters. The maximum atomic E-state index is 9.62. The van der Waals surface area contributed by atoms with Gasteiger partial charge in [0.25, 0.3) is 0 Å². The van der Waals surface area contributed by atoms with E-state index in [9.17, 15) is 5.11 Å². The van der Waals surface area contributed by atoms with Crippen molar-refractivity contribution in [2.75, 3.05) is 13.2 Å². The predicted molar refractivity (Wildman–Crippen MR) is 81.9 cm³/mol. The lowest BCUT2D eigenvalue weighted by molar-refractivity contribution is 0.197. The number of fused-ring (bicyclic) bond motifs is 1. The third kappa shape index (κ3) is 3.19. The number of rotatable bonds is 4. The zero-order valence-corrected chi connectivity index (χ0v) is 12.2. The van der Waals surface area contributed by atoms with Crippen LogP contribution in [0, 0.1) is 0 Å². The Kier molecular flexibility index (Phi) is 4.11. The second kappa shape index (κ2) is 6.19. The van der Waals surface area contributed by atoms with E-state index in [4.69, 9.17) is 9.47 Å². The van der Waals surface area contributed by atoms with E-state index >= 15 is 0 Å². The molecule has 3 nitrogen and oxygen atoms in total. The predicted octanol–water partition coefficient (Wildman–Crippen LogP) is 3.69. The summed E-state index contributed by atoms with van der Waals surface area (Å²) in [5.41, 5.74) is 2.09. The molecule has 110 valence electrons. The largest absolute Gasteiger partial charge is 0.493 e. The number of ether oxygens (including phenoxy) is 2. The van der Waals surface area contributed by atoms with Gasteiger partial charge in [-0.3, -0.25) is 0 Å². The minimum Gasteiger partial charge on any atom is -0.493 e. The Hall–Kier alpha value is -2.00. The summed E-state index contributed by atoms with van der Waals surface area (Å²) in [6.45, 7) is 3.12. The van der Waals surface area contributed by atoms with Crippen molar-refractivity contribution in [3.8, 4) is 11.5 Å². The van der Waals surface area contributed by atoms with E-state index < -0.39 is 6.10 Å². The van der Waals surface area contributed by atoms with Crippen LogP contribution in [0.2, 0.25) is 0 Å². The standard InChI is InChI=1S/C18H20O3/c1-13(19)14-5-4-6-16(11-14)21-12-15-9-10-20-18-8-3-2-7-17(15)18/h2-8,11,13,15,19H,9-10,12H2,1H3/t13-,15?/m1/s1. The van der Waals surface area contributed by atoms with Gasteiger partial charge in [0, 0.05) is 11.5 Å². The van der Waals surface area contributed by atoms with Crippen LogP contribution in [0.1, 0.15) is 36.5 Å². The molecule has 1 N–H and O–H groups in total. The number of aliphatic hydroxyl groups excluding tert-OH is 1. The van der Waals surface area contributed by atoms with Gasteiger partial charge < -0.3 is 14.6 Å². The molecule has 0 fully saturated rings. The number of benzene rings is 2. The van der Waals surface area contributed by atoms with E-state index in [1.807, 2.05) is 42.5 Å². The molecule has 2 aromatic carbocycles. The highest BCUT2D eigenvalue weighted by molar-refractivity contribution is 5.38. The van der Waals surface area contributed by atoms with Crippen molar-refractivity contribution in [2.45, 2.75) is 25.4 Å². The van der Waals surface area contributed by atoms with Gasteiger partial charge in [0.1, 0.15) is 11.5 Å². The summed E-state index contributed by atoms with van der Waals surface area (Å²) in [5.74, 6) is 2.12. The number of hydrogen-bond acceptors (Lipinski definition) is 3. The molecule has 0 saturated carbocycles. The second-order valence-corrected chi connectivity index (χ2v) is 5.43. The van der Waals surface area contributed by atoms with Gasteiger partial charge >= 0.3 is 0 Å². The molecule has 21 heavy (non-hydrogen) atoms. The van der Waals surface area contributed by atoms with Gasteiger partial charge in [-0.1, -0.05) is 30.3 Å². The first kappa shape index (κ1) is 14.0. The average Bonchev–Trinajstić information content (AvgIpc) is 2.53. The van der Waals surface area contributed by atoms with Gasteiger partial charge in [-0.2, -0.15) is 0 Å².